The zero-order valence-electron chi connectivity index (χ0n) is 19.4. The van der Waals surface area contributed by atoms with E-state index in [2.05, 4.69) is 14.5 Å². The number of benzene rings is 1. The Balaban J connectivity index is 1.37. The lowest BCUT2D eigenvalue weighted by Crippen LogP contribution is -2.38. The van der Waals surface area contributed by atoms with Crippen LogP contribution in [0.4, 0.5) is 0 Å². The number of rotatable bonds is 5. The molecule has 1 N–H and O–H groups in total. The second-order valence-corrected chi connectivity index (χ2v) is 8.74. The molecule has 4 aromatic rings. The first kappa shape index (κ1) is 22.1. The quantitative estimate of drug-likeness (QED) is 0.449. The molecule has 11 heteroatoms. The molecule has 1 aliphatic heterocycles. The summed E-state index contributed by atoms with van der Waals surface area (Å²) in [7, 11) is 2.97. The summed E-state index contributed by atoms with van der Waals surface area (Å²) in [6.45, 7) is 2.98. The predicted molar refractivity (Wildman–Crippen MR) is 126 cm³/mol. The fraction of sp³-hybridized carbons (Fsp3) is 0.435. The summed E-state index contributed by atoms with van der Waals surface area (Å²) in [6.07, 6.45) is 1.65. The molecule has 1 aromatic carbocycles. The molecule has 2 atom stereocenters. The Hall–Kier alpha value is -3.73. The summed E-state index contributed by atoms with van der Waals surface area (Å²) in [6, 6.07) is 7.36. The molecule has 1 aliphatic rings. The number of likely N-dealkylation sites (tertiary alicyclic amines) is 1. The Labute approximate surface area is 194 Å². The Bertz CT molecular complexity index is 1530. The van der Waals surface area contributed by atoms with Crippen LogP contribution in [0.15, 0.2) is 40.2 Å². The van der Waals surface area contributed by atoms with Crippen molar-refractivity contribution in [2.75, 3.05) is 13.1 Å². The first-order chi connectivity index (χ1) is 16.3. The van der Waals surface area contributed by atoms with Crippen molar-refractivity contribution in [2.24, 2.45) is 14.1 Å². The van der Waals surface area contributed by atoms with E-state index in [1.165, 1.54) is 17.9 Å². The number of aryl methyl sites for hydroxylation is 3. The molecule has 0 radical (unpaired) electrons. The molecular formula is C23H27N7O4. The van der Waals surface area contributed by atoms with E-state index >= 15 is 0 Å². The van der Waals surface area contributed by atoms with Crippen molar-refractivity contribution in [3.63, 3.8) is 0 Å². The van der Waals surface area contributed by atoms with E-state index in [4.69, 9.17) is 0 Å². The van der Waals surface area contributed by atoms with E-state index in [0.717, 1.165) is 27.8 Å². The van der Waals surface area contributed by atoms with E-state index in [9.17, 15) is 19.5 Å². The Kier molecular flexibility index (Phi) is 5.35. The van der Waals surface area contributed by atoms with Crippen LogP contribution in [0, 0.1) is 0 Å². The normalized spacial score (nSPS) is 18.4. The first-order valence-electron chi connectivity index (χ1n) is 11.3. The minimum absolute atomic E-state index is 0.0735. The van der Waals surface area contributed by atoms with Gasteiger partial charge in [-0.25, -0.2) is 14.8 Å². The van der Waals surface area contributed by atoms with Crippen LogP contribution in [0.1, 0.15) is 25.2 Å². The van der Waals surface area contributed by atoms with E-state index in [0.29, 0.717) is 12.2 Å². The minimum Gasteiger partial charge on any atom is -0.389 e. The molecule has 0 bridgehead atoms. The second kappa shape index (κ2) is 8.24. The second-order valence-electron chi connectivity index (χ2n) is 8.74. The maximum Gasteiger partial charge on any atom is 0.332 e. The highest BCUT2D eigenvalue weighted by Crippen LogP contribution is 2.26. The van der Waals surface area contributed by atoms with Crippen LogP contribution < -0.4 is 11.2 Å². The number of nitrogens with zero attached hydrogens (tertiary/aromatic N) is 7. The van der Waals surface area contributed by atoms with Crippen LogP contribution >= 0.6 is 0 Å². The average molecular weight is 466 g/mol. The van der Waals surface area contributed by atoms with E-state index in [1.807, 2.05) is 31.2 Å². The highest BCUT2D eigenvalue weighted by Gasteiger charge is 2.36. The van der Waals surface area contributed by atoms with E-state index in [1.54, 1.807) is 16.5 Å². The largest absolute Gasteiger partial charge is 0.389 e. The number of β-amino-alcohol motifs (C(OH)–C–C–N with tert-alkyl or cyclic N) is 1. The van der Waals surface area contributed by atoms with Crippen molar-refractivity contribution in [1.82, 2.24) is 33.1 Å². The van der Waals surface area contributed by atoms with Gasteiger partial charge in [-0.3, -0.25) is 18.7 Å². The first-order valence-corrected chi connectivity index (χ1v) is 11.3. The molecule has 1 saturated heterocycles. The number of amides is 1. The number of aliphatic hydroxyl groups is 1. The van der Waals surface area contributed by atoms with Gasteiger partial charge in [0.25, 0.3) is 5.56 Å². The maximum atomic E-state index is 13.1. The lowest BCUT2D eigenvalue weighted by atomic mass is 10.2. The van der Waals surface area contributed by atoms with Gasteiger partial charge in [0.2, 0.25) is 5.91 Å². The lowest BCUT2D eigenvalue weighted by molar-refractivity contribution is -0.130. The predicted octanol–water partition coefficient (Wildman–Crippen LogP) is 0.180. The lowest BCUT2D eigenvalue weighted by Gasteiger charge is -2.18. The SMILES string of the molecule is CCc1nc2ccccc2n1CCC(=O)N1C[C@H](O)[C@@H](n2cnc3c(=O)n(C)c(=O)n(C)c32)C1. The third-order valence-electron chi connectivity index (χ3n) is 6.73. The summed E-state index contributed by atoms with van der Waals surface area (Å²) in [5.41, 5.74) is 1.44. The monoisotopic (exact) mass is 465 g/mol. The number of carbonyl (C=O) groups excluding carboxylic acids is 1. The summed E-state index contributed by atoms with van der Waals surface area (Å²) < 4.78 is 6.06. The molecule has 1 amide bonds. The van der Waals surface area contributed by atoms with Crippen LogP contribution in [0.2, 0.25) is 0 Å². The summed E-state index contributed by atoms with van der Waals surface area (Å²) >= 11 is 0. The number of imidazole rings is 2. The third-order valence-corrected chi connectivity index (χ3v) is 6.73. The molecule has 5 rings (SSSR count). The molecular weight excluding hydrogens is 438 g/mol. The van der Waals surface area contributed by atoms with Gasteiger partial charge in [-0.15, -0.1) is 0 Å². The van der Waals surface area contributed by atoms with Gasteiger partial charge in [-0.05, 0) is 12.1 Å². The molecule has 11 nitrogen and oxygen atoms in total. The highest BCUT2D eigenvalue weighted by atomic mass is 16.3. The Morgan fingerprint density at radius 2 is 1.91 bits per heavy atom. The van der Waals surface area contributed by atoms with Gasteiger partial charge in [-0.2, -0.15) is 0 Å². The average Bonchev–Trinajstić information content (AvgIpc) is 3.54. The molecule has 0 spiro atoms. The van der Waals surface area contributed by atoms with Crippen molar-refractivity contribution in [3.05, 3.63) is 57.3 Å². The highest BCUT2D eigenvalue weighted by molar-refractivity contribution is 5.78. The molecule has 178 valence electrons. The fourth-order valence-corrected chi connectivity index (χ4v) is 4.90. The van der Waals surface area contributed by atoms with Crippen molar-refractivity contribution < 1.29 is 9.90 Å². The number of hydrogen-bond acceptors (Lipinski definition) is 6. The van der Waals surface area contributed by atoms with Crippen LogP contribution in [-0.2, 0) is 31.9 Å². The van der Waals surface area contributed by atoms with Gasteiger partial charge in [0, 0.05) is 46.6 Å². The van der Waals surface area contributed by atoms with Gasteiger partial charge < -0.3 is 19.1 Å². The topological polar surface area (TPSA) is 120 Å². The van der Waals surface area contributed by atoms with Gasteiger partial charge in [0.15, 0.2) is 5.52 Å². The molecule has 0 aliphatic carbocycles. The number of para-hydroxylation sites is 2. The van der Waals surface area contributed by atoms with E-state index < -0.39 is 23.4 Å². The fourth-order valence-electron chi connectivity index (χ4n) is 4.90. The summed E-state index contributed by atoms with van der Waals surface area (Å²) in [4.78, 5) is 48.4. The van der Waals surface area contributed by atoms with Crippen LogP contribution in [0.5, 0.6) is 0 Å². The number of fused-ring (bicyclic) bond motifs is 2. The van der Waals surface area contributed by atoms with Gasteiger partial charge in [0.1, 0.15) is 11.5 Å². The zero-order chi connectivity index (χ0) is 24.1. The standard InChI is InChI=1S/C23H27N7O4/c1-4-18-25-14-7-5-6-8-15(14)29(18)10-9-19(32)28-11-16(17(31)12-28)30-13-24-20-21(30)26(2)23(34)27(3)22(20)33/h5-8,13,16-17,31H,4,9-12H2,1-3H3/t16-,17-/m0/s1. The summed E-state index contributed by atoms with van der Waals surface area (Å²) in [5, 5.41) is 10.8. The van der Waals surface area contributed by atoms with Crippen molar-refractivity contribution in [2.45, 2.75) is 38.5 Å². The maximum absolute atomic E-state index is 13.1. The number of carbonyl (C=O) groups is 1. The number of aromatic nitrogens is 6. The Morgan fingerprint density at radius 1 is 1.15 bits per heavy atom. The molecule has 1 fully saturated rings. The smallest absolute Gasteiger partial charge is 0.332 e. The Morgan fingerprint density at radius 3 is 2.68 bits per heavy atom. The molecule has 0 unspecified atom stereocenters. The van der Waals surface area contributed by atoms with Crippen molar-refractivity contribution >= 4 is 28.1 Å². The van der Waals surface area contributed by atoms with Crippen LogP contribution in [-0.4, -0.2) is 63.3 Å². The minimum atomic E-state index is -0.846. The van der Waals surface area contributed by atoms with Crippen molar-refractivity contribution in [3.8, 4) is 0 Å². The number of aliphatic hydroxyl groups excluding tert-OH is 1. The third kappa shape index (κ3) is 3.35. The van der Waals surface area contributed by atoms with Crippen LogP contribution in [0.3, 0.4) is 0 Å². The molecule has 3 aromatic heterocycles. The zero-order valence-corrected chi connectivity index (χ0v) is 19.4. The van der Waals surface area contributed by atoms with Gasteiger partial charge in [0.05, 0.1) is 29.5 Å². The molecule has 34 heavy (non-hydrogen) atoms. The van der Waals surface area contributed by atoms with Crippen molar-refractivity contribution in [1.29, 1.82) is 0 Å². The van der Waals surface area contributed by atoms with E-state index in [-0.39, 0.29) is 30.9 Å². The van der Waals surface area contributed by atoms with Crippen LogP contribution in [0.25, 0.3) is 22.2 Å². The number of hydrogen-bond donors (Lipinski definition) is 1. The molecule has 4 heterocycles. The molecule has 0 saturated carbocycles. The summed E-state index contributed by atoms with van der Waals surface area (Å²) in [5.74, 6) is 0.858. The van der Waals surface area contributed by atoms with Gasteiger partial charge >= 0.3 is 5.69 Å². The van der Waals surface area contributed by atoms with Gasteiger partial charge in [-0.1, -0.05) is 19.1 Å².